The van der Waals surface area contributed by atoms with Crippen LogP contribution in [-0.2, 0) is 11.3 Å². The van der Waals surface area contributed by atoms with Crippen LogP contribution in [0.1, 0.15) is 5.56 Å². The fourth-order valence-electron chi connectivity index (χ4n) is 1.42. The van der Waals surface area contributed by atoms with Gasteiger partial charge < -0.3 is 15.2 Å². The molecule has 0 saturated heterocycles. The lowest BCUT2D eigenvalue weighted by Gasteiger charge is -2.23. The van der Waals surface area contributed by atoms with Crippen molar-refractivity contribution in [3.05, 3.63) is 29.8 Å². The summed E-state index contributed by atoms with van der Waals surface area (Å²) in [5.41, 5.74) is 6.18. The molecule has 2 N–H and O–H groups in total. The standard InChI is InChI=1S/C12H13F6NO2/c13-11(14,15)10(12(16,17)18)21-6-5-20-9-3-1-8(7-19)2-4-9/h1-4,10H,5-7,19H2. The lowest BCUT2D eigenvalue weighted by molar-refractivity contribution is -0.322. The van der Waals surface area contributed by atoms with Gasteiger partial charge in [0.25, 0.3) is 0 Å². The van der Waals surface area contributed by atoms with Gasteiger partial charge in [-0.25, -0.2) is 0 Å². The number of nitrogens with two attached hydrogens (primary N) is 1. The van der Waals surface area contributed by atoms with Crippen LogP contribution >= 0.6 is 0 Å². The average Bonchev–Trinajstić information content (AvgIpc) is 2.36. The summed E-state index contributed by atoms with van der Waals surface area (Å²) >= 11 is 0. The van der Waals surface area contributed by atoms with E-state index in [-0.39, 0.29) is 0 Å². The Balaban J connectivity index is 2.44. The van der Waals surface area contributed by atoms with E-state index in [1.165, 1.54) is 12.1 Å². The highest BCUT2D eigenvalue weighted by Crippen LogP contribution is 2.35. The van der Waals surface area contributed by atoms with E-state index in [4.69, 9.17) is 10.5 Å². The molecule has 0 unspecified atom stereocenters. The number of hydrogen-bond acceptors (Lipinski definition) is 3. The van der Waals surface area contributed by atoms with Crippen LogP contribution in [0.5, 0.6) is 5.75 Å². The van der Waals surface area contributed by atoms with Crippen LogP contribution < -0.4 is 10.5 Å². The van der Waals surface area contributed by atoms with Gasteiger partial charge in [0.15, 0.2) is 0 Å². The van der Waals surface area contributed by atoms with E-state index in [0.29, 0.717) is 12.3 Å². The minimum Gasteiger partial charge on any atom is -0.491 e. The second-order valence-electron chi connectivity index (χ2n) is 4.03. The van der Waals surface area contributed by atoms with Crippen molar-refractivity contribution in [1.82, 2.24) is 0 Å². The quantitative estimate of drug-likeness (QED) is 0.648. The molecule has 0 bridgehead atoms. The monoisotopic (exact) mass is 317 g/mol. The summed E-state index contributed by atoms with van der Waals surface area (Å²) in [7, 11) is 0. The lowest BCUT2D eigenvalue weighted by Crippen LogP contribution is -2.44. The normalized spacial score (nSPS) is 12.8. The molecule has 0 radical (unpaired) electrons. The van der Waals surface area contributed by atoms with E-state index in [1.807, 2.05) is 0 Å². The zero-order valence-electron chi connectivity index (χ0n) is 10.7. The van der Waals surface area contributed by atoms with Crippen molar-refractivity contribution in [2.45, 2.75) is 25.0 Å². The average molecular weight is 317 g/mol. The third-order valence-corrected chi connectivity index (χ3v) is 2.39. The van der Waals surface area contributed by atoms with E-state index >= 15 is 0 Å². The molecule has 0 aromatic heterocycles. The van der Waals surface area contributed by atoms with Crippen LogP contribution in [0, 0.1) is 0 Å². The Kier molecular flexibility index (Phi) is 5.85. The van der Waals surface area contributed by atoms with Crippen molar-refractivity contribution < 1.29 is 35.8 Å². The number of benzene rings is 1. The molecule has 120 valence electrons. The topological polar surface area (TPSA) is 44.5 Å². The molecule has 0 aliphatic heterocycles. The predicted molar refractivity (Wildman–Crippen MR) is 61.7 cm³/mol. The minimum atomic E-state index is -5.51. The van der Waals surface area contributed by atoms with Gasteiger partial charge >= 0.3 is 12.4 Å². The van der Waals surface area contributed by atoms with Gasteiger partial charge in [0.1, 0.15) is 12.4 Å². The molecule has 0 amide bonds. The molecule has 0 aliphatic carbocycles. The highest BCUT2D eigenvalue weighted by Gasteiger charge is 2.57. The number of alkyl halides is 6. The van der Waals surface area contributed by atoms with Gasteiger partial charge in [-0.3, -0.25) is 0 Å². The van der Waals surface area contributed by atoms with E-state index < -0.39 is 31.7 Å². The van der Waals surface area contributed by atoms with Crippen LogP contribution in [-0.4, -0.2) is 31.7 Å². The van der Waals surface area contributed by atoms with Crippen LogP contribution in [0.4, 0.5) is 26.3 Å². The fraction of sp³-hybridized carbons (Fsp3) is 0.500. The maximum absolute atomic E-state index is 12.2. The summed E-state index contributed by atoms with van der Waals surface area (Å²) in [5, 5.41) is 0. The molecule has 21 heavy (non-hydrogen) atoms. The molecule has 3 nitrogen and oxygen atoms in total. The smallest absolute Gasteiger partial charge is 0.423 e. The third kappa shape index (κ3) is 5.80. The second kappa shape index (κ2) is 6.99. The Hall–Kier alpha value is -1.48. The number of rotatable bonds is 6. The Morgan fingerprint density at radius 1 is 0.905 bits per heavy atom. The second-order valence-corrected chi connectivity index (χ2v) is 4.03. The van der Waals surface area contributed by atoms with E-state index in [0.717, 1.165) is 5.56 Å². The fourth-order valence-corrected chi connectivity index (χ4v) is 1.42. The lowest BCUT2D eigenvalue weighted by atomic mass is 10.2. The van der Waals surface area contributed by atoms with Gasteiger partial charge in [0.2, 0.25) is 6.10 Å². The molecule has 1 aromatic carbocycles. The van der Waals surface area contributed by atoms with Crippen LogP contribution in [0.3, 0.4) is 0 Å². The van der Waals surface area contributed by atoms with Crippen molar-refractivity contribution in [2.75, 3.05) is 13.2 Å². The van der Waals surface area contributed by atoms with Gasteiger partial charge in [-0.15, -0.1) is 0 Å². The predicted octanol–water partition coefficient (Wildman–Crippen LogP) is 3.03. The molecule has 0 saturated carbocycles. The number of ether oxygens (including phenoxy) is 2. The molecule has 9 heteroatoms. The summed E-state index contributed by atoms with van der Waals surface area (Å²) in [4.78, 5) is 0. The van der Waals surface area contributed by atoms with Gasteiger partial charge in [0, 0.05) is 6.54 Å². The van der Waals surface area contributed by atoms with Crippen molar-refractivity contribution in [1.29, 1.82) is 0 Å². The van der Waals surface area contributed by atoms with Gasteiger partial charge in [0.05, 0.1) is 6.61 Å². The zero-order valence-corrected chi connectivity index (χ0v) is 10.7. The van der Waals surface area contributed by atoms with Crippen molar-refractivity contribution in [2.24, 2.45) is 5.73 Å². The summed E-state index contributed by atoms with van der Waals surface area (Å²) in [6.07, 6.45) is -14.8. The summed E-state index contributed by atoms with van der Waals surface area (Å²) in [6, 6.07) is 6.27. The Morgan fingerprint density at radius 3 is 1.86 bits per heavy atom. The van der Waals surface area contributed by atoms with Crippen LogP contribution in [0.2, 0.25) is 0 Å². The molecular formula is C12H13F6NO2. The van der Waals surface area contributed by atoms with E-state index in [1.54, 1.807) is 12.1 Å². The van der Waals surface area contributed by atoms with Crippen molar-refractivity contribution in [3.63, 3.8) is 0 Å². The zero-order chi connectivity index (χ0) is 16.1. The molecule has 1 rings (SSSR count). The van der Waals surface area contributed by atoms with Crippen LogP contribution in [0.25, 0.3) is 0 Å². The first-order chi connectivity index (χ1) is 9.64. The molecule has 1 aromatic rings. The Bertz CT molecular complexity index is 415. The number of halogens is 6. The maximum Gasteiger partial charge on any atom is 0.423 e. The Morgan fingerprint density at radius 2 is 1.43 bits per heavy atom. The highest BCUT2D eigenvalue weighted by atomic mass is 19.4. The first kappa shape index (κ1) is 17.6. The molecule has 0 atom stereocenters. The minimum absolute atomic E-state index is 0.298. The molecule has 0 fully saturated rings. The van der Waals surface area contributed by atoms with E-state index in [2.05, 4.69) is 4.74 Å². The van der Waals surface area contributed by atoms with Gasteiger partial charge in [-0.05, 0) is 17.7 Å². The summed E-state index contributed by atoms with van der Waals surface area (Å²) in [5.74, 6) is 0.298. The first-order valence-electron chi connectivity index (χ1n) is 5.81. The molecule has 0 aliphatic rings. The van der Waals surface area contributed by atoms with Gasteiger partial charge in [-0.1, -0.05) is 12.1 Å². The SMILES string of the molecule is NCc1ccc(OCCOC(C(F)(F)F)C(F)(F)F)cc1. The summed E-state index contributed by atoms with van der Waals surface area (Å²) in [6.45, 7) is -0.977. The molecule has 0 spiro atoms. The van der Waals surface area contributed by atoms with E-state index in [9.17, 15) is 26.3 Å². The maximum atomic E-state index is 12.2. The molecular weight excluding hydrogens is 304 g/mol. The van der Waals surface area contributed by atoms with Gasteiger partial charge in [-0.2, -0.15) is 26.3 Å². The van der Waals surface area contributed by atoms with Crippen molar-refractivity contribution in [3.8, 4) is 5.75 Å². The largest absolute Gasteiger partial charge is 0.491 e. The Labute approximate surface area is 116 Å². The molecule has 0 heterocycles. The first-order valence-corrected chi connectivity index (χ1v) is 5.81. The van der Waals surface area contributed by atoms with Crippen molar-refractivity contribution >= 4 is 0 Å². The summed E-state index contributed by atoms with van der Waals surface area (Å²) < 4.78 is 81.7. The number of hydrogen-bond donors (Lipinski definition) is 1. The third-order valence-electron chi connectivity index (χ3n) is 2.39. The van der Waals surface area contributed by atoms with Crippen LogP contribution in [0.15, 0.2) is 24.3 Å². The highest BCUT2D eigenvalue weighted by molar-refractivity contribution is 5.26.